The first-order valence-corrected chi connectivity index (χ1v) is 6.52. The minimum Gasteiger partial charge on any atom is -0.338 e. The fraction of sp³-hybridized carbons (Fsp3) is 0.636. The van der Waals surface area contributed by atoms with E-state index >= 15 is 0 Å². The van der Waals surface area contributed by atoms with Gasteiger partial charge in [-0.15, -0.1) is 36.2 Å². The number of amides is 1. The lowest BCUT2D eigenvalue weighted by atomic mass is 10.1. The van der Waals surface area contributed by atoms with E-state index in [-0.39, 0.29) is 30.7 Å². The molecule has 2 rings (SSSR count). The van der Waals surface area contributed by atoms with Crippen LogP contribution in [-0.2, 0) is 11.3 Å². The van der Waals surface area contributed by atoms with Gasteiger partial charge in [0.25, 0.3) is 5.92 Å². The van der Waals surface area contributed by atoms with Gasteiger partial charge in [0.05, 0.1) is 29.8 Å². The summed E-state index contributed by atoms with van der Waals surface area (Å²) in [4.78, 5) is 17.6. The highest BCUT2D eigenvalue weighted by Gasteiger charge is 2.43. The maximum absolute atomic E-state index is 13.0. The number of hydrogen-bond donors (Lipinski definition) is 1. The second-order valence-corrected chi connectivity index (χ2v) is 5.61. The number of carbonyl (C=O) groups excluding carboxylic acids is 1. The molecule has 9 heteroatoms. The zero-order valence-corrected chi connectivity index (χ0v) is 13.5. The molecule has 1 aromatic heterocycles. The van der Waals surface area contributed by atoms with E-state index in [2.05, 4.69) is 10.3 Å². The van der Waals surface area contributed by atoms with Crippen molar-refractivity contribution in [1.29, 1.82) is 0 Å². The predicted molar refractivity (Wildman–Crippen MR) is 79.2 cm³/mol. The first kappa shape index (κ1) is 19.5. The first-order chi connectivity index (χ1) is 8.37. The maximum atomic E-state index is 13.0. The summed E-state index contributed by atoms with van der Waals surface area (Å²) in [5, 5.41) is 5.36. The summed E-state index contributed by atoms with van der Waals surface area (Å²) < 4.78 is 26.0. The number of aromatic nitrogens is 1. The van der Waals surface area contributed by atoms with Crippen LogP contribution in [0.25, 0.3) is 0 Å². The van der Waals surface area contributed by atoms with Crippen molar-refractivity contribution >= 4 is 42.1 Å². The van der Waals surface area contributed by atoms with Gasteiger partial charge in [-0.1, -0.05) is 0 Å². The molecule has 1 atom stereocenters. The fourth-order valence-corrected chi connectivity index (χ4v) is 2.56. The van der Waals surface area contributed by atoms with E-state index in [9.17, 15) is 13.6 Å². The summed E-state index contributed by atoms with van der Waals surface area (Å²) in [5.74, 6) is -3.09. The molecule has 1 saturated heterocycles. The Morgan fingerprint density at radius 1 is 1.60 bits per heavy atom. The van der Waals surface area contributed by atoms with Crippen LogP contribution in [0.15, 0.2) is 5.38 Å². The number of thiazole rings is 1. The quantitative estimate of drug-likeness (QED) is 0.911. The van der Waals surface area contributed by atoms with Gasteiger partial charge in [0, 0.05) is 18.8 Å². The van der Waals surface area contributed by atoms with Crippen molar-refractivity contribution < 1.29 is 13.6 Å². The third-order valence-electron chi connectivity index (χ3n) is 2.85. The van der Waals surface area contributed by atoms with Crippen molar-refractivity contribution in [2.75, 3.05) is 13.6 Å². The molecule has 4 nitrogen and oxygen atoms in total. The monoisotopic (exact) mass is 347 g/mol. The van der Waals surface area contributed by atoms with Gasteiger partial charge in [-0.05, 0) is 6.92 Å². The molecule has 0 saturated carbocycles. The molecule has 1 aromatic rings. The van der Waals surface area contributed by atoms with Crippen molar-refractivity contribution in [1.82, 2.24) is 15.2 Å². The van der Waals surface area contributed by atoms with Crippen LogP contribution in [0.4, 0.5) is 8.78 Å². The lowest BCUT2D eigenvalue weighted by molar-refractivity contribution is -0.133. The molecule has 1 N–H and O–H groups in total. The van der Waals surface area contributed by atoms with Gasteiger partial charge in [-0.25, -0.2) is 13.8 Å². The van der Waals surface area contributed by atoms with E-state index in [1.807, 2.05) is 12.3 Å². The van der Waals surface area contributed by atoms with Gasteiger partial charge in [0.15, 0.2) is 0 Å². The standard InChI is InChI=1S/C11H15F2N3OS.2ClH/c1-7-15-8(5-18-7)4-16(2)10(17)9-3-11(12,13)6-14-9;;/h5,9,14H,3-4,6H2,1-2H3;2*1H. The second kappa shape index (κ2) is 7.49. The first-order valence-electron chi connectivity index (χ1n) is 5.64. The van der Waals surface area contributed by atoms with Crippen molar-refractivity contribution in [2.24, 2.45) is 0 Å². The highest BCUT2D eigenvalue weighted by molar-refractivity contribution is 7.09. The van der Waals surface area contributed by atoms with Crippen LogP contribution < -0.4 is 5.32 Å². The van der Waals surface area contributed by atoms with E-state index in [1.54, 1.807) is 7.05 Å². The Bertz CT molecular complexity index is 459. The zero-order chi connectivity index (χ0) is 13.3. The fourth-order valence-electron chi connectivity index (χ4n) is 1.96. The summed E-state index contributed by atoms with van der Waals surface area (Å²) in [6, 6.07) is -0.787. The van der Waals surface area contributed by atoms with E-state index in [1.165, 1.54) is 16.2 Å². The van der Waals surface area contributed by atoms with Gasteiger partial charge in [0.2, 0.25) is 5.91 Å². The molecule has 1 aliphatic rings. The summed E-state index contributed by atoms with van der Waals surface area (Å²) in [7, 11) is 1.61. The van der Waals surface area contributed by atoms with Crippen molar-refractivity contribution in [3.8, 4) is 0 Å². The summed E-state index contributed by atoms with van der Waals surface area (Å²) in [6.07, 6.45) is -0.424. The average molecular weight is 348 g/mol. The van der Waals surface area contributed by atoms with Crippen LogP contribution in [0.5, 0.6) is 0 Å². The Balaban J connectivity index is 0.00000180. The Labute approximate surface area is 132 Å². The van der Waals surface area contributed by atoms with Crippen molar-refractivity contribution in [2.45, 2.75) is 31.9 Å². The molecule has 1 amide bonds. The molecule has 1 fully saturated rings. The number of carbonyl (C=O) groups is 1. The molecular weight excluding hydrogens is 331 g/mol. The van der Waals surface area contributed by atoms with Gasteiger partial charge in [-0.3, -0.25) is 10.1 Å². The second-order valence-electron chi connectivity index (χ2n) is 4.55. The third-order valence-corrected chi connectivity index (χ3v) is 3.67. The van der Waals surface area contributed by atoms with Gasteiger partial charge in [0.1, 0.15) is 0 Å². The summed E-state index contributed by atoms with van der Waals surface area (Å²) in [6.45, 7) is 1.81. The lowest BCUT2D eigenvalue weighted by Gasteiger charge is -2.20. The molecule has 0 spiro atoms. The van der Waals surface area contributed by atoms with Crippen molar-refractivity contribution in [3.63, 3.8) is 0 Å². The predicted octanol–water partition coefficient (Wildman–Crippen LogP) is 2.25. The van der Waals surface area contributed by atoms with Crippen LogP contribution in [0.1, 0.15) is 17.1 Å². The number of nitrogens with one attached hydrogen (secondary N) is 1. The number of nitrogens with zero attached hydrogens (tertiary/aromatic N) is 2. The molecule has 0 aliphatic carbocycles. The van der Waals surface area contributed by atoms with Gasteiger partial charge < -0.3 is 4.90 Å². The molecule has 116 valence electrons. The van der Waals surface area contributed by atoms with Crippen LogP contribution in [0.2, 0.25) is 0 Å². The summed E-state index contributed by atoms with van der Waals surface area (Å²) in [5.41, 5.74) is 0.790. The van der Waals surface area contributed by atoms with Crippen molar-refractivity contribution in [3.05, 3.63) is 16.1 Å². The van der Waals surface area contributed by atoms with E-state index < -0.39 is 24.9 Å². The van der Waals surface area contributed by atoms with E-state index in [0.717, 1.165) is 10.7 Å². The highest BCUT2D eigenvalue weighted by atomic mass is 35.5. The Morgan fingerprint density at radius 3 is 2.70 bits per heavy atom. The zero-order valence-electron chi connectivity index (χ0n) is 11.1. The number of rotatable bonds is 3. The summed E-state index contributed by atoms with van der Waals surface area (Å²) >= 11 is 1.51. The Hall–Kier alpha value is -0.500. The third kappa shape index (κ3) is 4.80. The molecule has 0 bridgehead atoms. The molecule has 20 heavy (non-hydrogen) atoms. The highest BCUT2D eigenvalue weighted by Crippen LogP contribution is 2.26. The number of aryl methyl sites for hydroxylation is 1. The van der Waals surface area contributed by atoms with Gasteiger partial charge >= 0.3 is 0 Å². The number of halogens is 4. The van der Waals surface area contributed by atoms with Crippen LogP contribution >= 0.6 is 36.2 Å². The number of likely N-dealkylation sites (N-methyl/N-ethyl adjacent to an activating group) is 1. The molecular formula is C11H17Cl2F2N3OS. The largest absolute Gasteiger partial charge is 0.338 e. The van der Waals surface area contributed by atoms with Crippen LogP contribution in [0.3, 0.4) is 0 Å². The number of hydrogen-bond acceptors (Lipinski definition) is 4. The average Bonchev–Trinajstić information content (AvgIpc) is 2.83. The molecule has 0 radical (unpaired) electrons. The number of alkyl halides is 2. The molecule has 1 aliphatic heterocycles. The SMILES string of the molecule is Cc1nc(CN(C)C(=O)C2CC(F)(F)CN2)cs1.Cl.Cl. The van der Waals surface area contributed by atoms with E-state index in [4.69, 9.17) is 0 Å². The van der Waals surface area contributed by atoms with Crippen LogP contribution in [-0.4, -0.2) is 41.3 Å². The Kier molecular flexibility index (Phi) is 7.30. The van der Waals surface area contributed by atoms with E-state index in [0.29, 0.717) is 6.54 Å². The Morgan fingerprint density at radius 2 is 2.25 bits per heavy atom. The smallest absolute Gasteiger partial charge is 0.262 e. The molecule has 2 heterocycles. The minimum absolute atomic E-state index is 0. The topological polar surface area (TPSA) is 45.2 Å². The minimum atomic E-state index is -2.78. The molecule has 0 aromatic carbocycles. The van der Waals surface area contributed by atoms with Crippen LogP contribution in [0, 0.1) is 6.92 Å². The lowest BCUT2D eigenvalue weighted by Crippen LogP contribution is -2.41. The van der Waals surface area contributed by atoms with Gasteiger partial charge in [-0.2, -0.15) is 0 Å². The maximum Gasteiger partial charge on any atom is 0.262 e. The normalized spacial score (nSPS) is 19.9. The molecule has 1 unspecified atom stereocenters.